The lowest BCUT2D eigenvalue weighted by molar-refractivity contribution is 0.194. The predicted molar refractivity (Wildman–Crippen MR) is 133 cm³/mol. The van der Waals surface area contributed by atoms with Crippen LogP contribution < -0.4 is 14.8 Å². The maximum atomic E-state index is 13.7. The topological polar surface area (TPSA) is 55.7 Å². The number of carbonyl (C=O) groups excluding carboxylic acids is 1. The molecule has 0 saturated carbocycles. The first-order valence-electron chi connectivity index (χ1n) is 10.9. The van der Waals surface area contributed by atoms with Crippen LogP contribution in [0.5, 0.6) is 11.5 Å². The minimum absolute atomic E-state index is 0.230. The van der Waals surface area contributed by atoms with Crippen molar-refractivity contribution in [2.45, 2.75) is 12.6 Å². The highest BCUT2D eigenvalue weighted by atomic mass is 35.5. The standard InChI is InChI=1S/C27H24ClN3O3/c1-33-24-13-12-18(15-25(24)34-2)26-23-11-6-14-30(23)22-10-4-3-7-19(22)17-31(26)27(32)29-21-9-5-8-20(28)16-21/h3-16,26H,17H2,1-2H3,(H,29,32)/t26-/m0/s1. The Morgan fingerprint density at radius 1 is 0.941 bits per heavy atom. The molecule has 0 radical (unpaired) electrons. The van der Waals surface area contributed by atoms with Gasteiger partial charge in [0.15, 0.2) is 11.5 Å². The molecule has 2 amide bonds. The zero-order valence-corrected chi connectivity index (χ0v) is 19.6. The molecule has 5 rings (SSSR count). The van der Waals surface area contributed by atoms with E-state index in [1.165, 1.54) is 0 Å². The normalized spacial score (nSPS) is 14.6. The van der Waals surface area contributed by atoms with Gasteiger partial charge in [-0.2, -0.15) is 0 Å². The minimum atomic E-state index is -0.374. The zero-order chi connectivity index (χ0) is 23.7. The maximum Gasteiger partial charge on any atom is 0.322 e. The van der Waals surface area contributed by atoms with Crippen LogP contribution in [-0.2, 0) is 6.54 Å². The van der Waals surface area contributed by atoms with Crippen molar-refractivity contribution in [1.29, 1.82) is 0 Å². The average molecular weight is 474 g/mol. The van der Waals surface area contributed by atoms with Gasteiger partial charge in [0.25, 0.3) is 0 Å². The quantitative estimate of drug-likeness (QED) is 0.379. The summed E-state index contributed by atoms with van der Waals surface area (Å²) in [5.74, 6) is 1.24. The molecule has 0 fully saturated rings. The van der Waals surface area contributed by atoms with Crippen LogP contribution in [0.3, 0.4) is 0 Å². The number of carbonyl (C=O) groups is 1. The van der Waals surface area contributed by atoms with Crippen molar-refractivity contribution in [1.82, 2.24) is 9.47 Å². The summed E-state index contributed by atoms with van der Waals surface area (Å²) >= 11 is 6.15. The van der Waals surface area contributed by atoms with Crippen molar-refractivity contribution in [3.63, 3.8) is 0 Å². The summed E-state index contributed by atoms with van der Waals surface area (Å²) < 4.78 is 13.1. The smallest absolute Gasteiger partial charge is 0.322 e. The van der Waals surface area contributed by atoms with E-state index in [9.17, 15) is 4.79 Å². The van der Waals surface area contributed by atoms with Gasteiger partial charge in [0, 0.05) is 22.6 Å². The average Bonchev–Trinajstić information content (AvgIpc) is 3.28. The van der Waals surface area contributed by atoms with Gasteiger partial charge in [-0.25, -0.2) is 4.79 Å². The van der Waals surface area contributed by atoms with Crippen molar-refractivity contribution in [2.24, 2.45) is 0 Å². The van der Waals surface area contributed by atoms with Crippen molar-refractivity contribution < 1.29 is 14.3 Å². The van der Waals surface area contributed by atoms with Gasteiger partial charge in [-0.15, -0.1) is 0 Å². The summed E-state index contributed by atoms with van der Waals surface area (Å²) in [5, 5.41) is 3.58. The molecule has 3 aromatic carbocycles. The molecule has 1 N–H and O–H groups in total. The van der Waals surface area contributed by atoms with Gasteiger partial charge in [0.05, 0.1) is 32.5 Å². The number of benzene rings is 3. The molecule has 0 unspecified atom stereocenters. The number of methoxy groups -OCH3 is 2. The number of fused-ring (bicyclic) bond motifs is 3. The molecule has 7 heteroatoms. The van der Waals surface area contributed by atoms with Crippen LogP contribution in [0.2, 0.25) is 5.02 Å². The van der Waals surface area contributed by atoms with Crippen molar-refractivity contribution in [3.05, 3.63) is 107 Å². The van der Waals surface area contributed by atoms with E-state index < -0.39 is 0 Å². The van der Waals surface area contributed by atoms with Gasteiger partial charge in [-0.3, -0.25) is 0 Å². The molecule has 0 bridgehead atoms. The first-order chi connectivity index (χ1) is 16.6. The highest BCUT2D eigenvalue weighted by Gasteiger charge is 2.33. The summed E-state index contributed by atoms with van der Waals surface area (Å²) in [7, 11) is 3.21. The summed E-state index contributed by atoms with van der Waals surface area (Å²) in [6.45, 7) is 0.420. The van der Waals surface area contributed by atoms with Gasteiger partial charge in [-0.1, -0.05) is 41.9 Å². The number of para-hydroxylation sites is 1. The highest BCUT2D eigenvalue weighted by molar-refractivity contribution is 6.30. The zero-order valence-electron chi connectivity index (χ0n) is 18.9. The van der Waals surface area contributed by atoms with Crippen LogP contribution in [0.25, 0.3) is 5.69 Å². The van der Waals surface area contributed by atoms with E-state index in [0.717, 1.165) is 22.5 Å². The lowest BCUT2D eigenvalue weighted by atomic mass is 10.0. The maximum absolute atomic E-state index is 13.7. The molecule has 172 valence electrons. The summed E-state index contributed by atoms with van der Waals surface area (Å²) in [5.41, 5.74) is 4.61. The second-order valence-corrected chi connectivity index (χ2v) is 8.45. The SMILES string of the molecule is COc1ccc([C@H]2c3cccn3-c3ccccc3CN2C(=O)Nc2cccc(Cl)c2)cc1OC. The van der Waals surface area contributed by atoms with Crippen LogP contribution in [0.1, 0.15) is 22.9 Å². The number of nitrogens with zero attached hydrogens (tertiary/aromatic N) is 2. The Kier molecular flexibility index (Phi) is 5.90. The number of halogens is 1. The largest absolute Gasteiger partial charge is 0.493 e. The summed E-state index contributed by atoms with van der Waals surface area (Å²) in [4.78, 5) is 15.6. The Hall–Kier alpha value is -3.90. The molecule has 34 heavy (non-hydrogen) atoms. The fraction of sp³-hybridized carbons (Fsp3) is 0.148. The van der Waals surface area contributed by atoms with Crippen LogP contribution >= 0.6 is 11.6 Å². The molecule has 0 aliphatic carbocycles. The summed E-state index contributed by atoms with van der Waals surface area (Å²) in [6, 6.07) is 24.5. The molecule has 0 spiro atoms. The van der Waals surface area contributed by atoms with E-state index in [2.05, 4.69) is 22.0 Å². The fourth-order valence-electron chi connectivity index (χ4n) is 4.47. The fourth-order valence-corrected chi connectivity index (χ4v) is 4.66. The van der Waals surface area contributed by atoms with Crippen molar-refractivity contribution in [3.8, 4) is 17.2 Å². The Balaban J connectivity index is 1.65. The molecule has 6 nitrogen and oxygen atoms in total. The summed E-state index contributed by atoms with van der Waals surface area (Å²) in [6.07, 6.45) is 2.03. The number of nitrogens with one attached hydrogen (secondary N) is 1. The van der Waals surface area contributed by atoms with Gasteiger partial charge >= 0.3 is 6.03 Å². The first kappa shape index (κ1) is 21.9. The van der Waals surface area contributed by atoms with Crippen LogP contribution in [0.4, 0.5) is 10.5 Å². The van der Waals surface area contributed by atoms with Gasteiger partial charge in [0.1, 0.15) is 0 Å². The van der Waals surface area contributed by atoms with Gasteiger partial charge in [-0.05, 0) is 59.7 Å². The lowest BCUT2D eigenvalue weighted by Crippen LogP contribution is -2.37. The Morgan fingerprint density at radius 3 is 2.56 bits per heavy atom. The molecule has 1 atom stereocenters. The second kappa shape index (κ2) is 9.15. The number of anilines is 1. The third-order valence-corrected chi connectivity index (χ3v) is 6.26. The molecule has 4 aromatic rings. The molecular formula is C27H24ClN3O3. The van der Waals surface area contributed by atoms with Crippen molar-refractivity contribution in [2.75, 3.05) is 19.5 Å². The number of hydrogen-bond donors (Lipinski definition) is 1. The Labute approximate surface area is 203 Å². The number of rotatable bonds is 4. The van der Waals surface area contributed by atoms with Crippen molar-refractivity contribution >= 4 is 23.3 Å². The van der Waals surface area contributed by atoms with E-state index in [1.54, 1.807) is 26.4 Å². The van der Waals surface area contributed by atoms with E-state index in [0.29, 0.717) is 28.8 Å². The monoisotopic (exact) mass is 473 g/mol. The molecular weight excluding hydrogens is 450 g/mol. The Morgan fingerprint density at radius 2 is 1.76 bits per heavy atom. The molecule has 1 aliphatic heterocycles. The van der Waals surface area contributed by atoms with Gasteiger partial charge < -0.3 is 24.3 Å². The minimum Gasteiger partial charge on any atom is -0.493 e. The third kappa shape index (κ3) is 3.97. The van der Waals surface area contributed by atoms with Crippen LogP contribution in [0, 0.1) is 0 Å². The molecule has 0 saturated heterocycles. The number of urea groups is 1. The lowest BCUT2D eigenvalue weighted by Gasteiger charge is -2.31. The van der Waals surface area contributed by atoms with E-state index in [-0.39, 0.29) is 12.1 Å². The second-order valence-electron chi connectivity index (χ2n) is 8.02. The third-order valence-electron chi connectivity index (χ3n) is 6.02. The van der Waals surface area contributed by atoms with Crippen LogP contribution in [-0.4, -0.2) is 29.7 Å². The number of amides is 2. The first-order valence-corrected chi connectivity index (χ1v) is 11.3. The molecule has 1 aromatic heterocycles. The number of hydrogen-bond acceptors (Lipinski definition) is 3. The predicted octanol–water partition coefficient (Wildman–Crippen LogP) is 6.29. The highest BCUT2D eigenvalue weighted by Crippen LogP contribution is 2.39. The molecule has 1 aliphatic rings. The van der Waals surface area contributed by atoms with E-state index in [4.69, 9.17) is 21.1 Å². The van der Waals surface area contributed by atoms with E-state index in [1.807, 2.05) is 65.7 Å². The number of ether oxygens (including phenoxy) is 2. The molecule has 2 heterocycles. The van der Waals surface area contributed by atoms with Gasteiger partial charge in [0.2, 0.25) is 0 Å². The van der Waals surface area contributed by atoms with E-state index >= 15 is 0 Å². The number of aromatic nitrogens is 1. The Bertz CT molecular complexity index is 1350. The van der Waals surface area contributed by atoms with Crippen LogP contribution in [0.15, 0.2) is 85.1 Å².